The number of carbonyl (C=O) groups is 1. The monoisotopic (exact) mass is 347 g/mol. The van der Waals surface area contributed by atoms with Gasteiger partial charge in [0.15, 0.2) is 5.13 Å². The van der Waals surface area contributed by atoms with Crippen LogP contribution < -0.4 is 10.6 Å². The van der Waals surface area contributed by atoms with Crippen LogP contribution in [0.4, 0.5) is 9.52 Å². The second-order valence-electron chi connectivity index (χ2n) is 4.70. The Morgan fingerprint density at radius 3 is 2.70 bits per heavy atom. The third-order valence-electron chi connectivity index (χ3n) is 3.08. The Bertz CT molecular complexity index is 769. The van der Waals surface area contributed by atoms with Crippen molar-refractivity contribution in [2.45, 2.75) is 0 Å². The van der Waals surface area contributed by atoms with Gasteiger partial charge >= 0.3 is 0 Å². The molecule has 0 unspecified atom stereocenters. The first-order chi connectivity index (χ1) is 11.2. The number of anilines is 1. The number of benzene rings is 1. The molecule has 7 heteroatoms. The standard InChI is InChI=1S/C16H14FN3OS2/c17-12-5-3-11(4-6-12)13-10-23-16(20-13)19-8-7-18-15(21)14-2-1-9-22-14/h1-6,9-10H,7-8H2,(H,18,21)(H,19,20). The Labute approximate surface area is 141 Å². The lowest BCUT2D eigenvalue weighted by Crippen LogP contribution is -2.28. The van der Waals surface area contributed by atoms with E-state index < -0.39 is 0 Å². The van der Waals surface area contributed by atoms with Crippen LogP contribution in [0.1, 0.15) is 9.67 Å². The second-order valence-corrected chi connectivity index (χ2v) is 6.51. The number of nitrogens with one attached hydrogen (secondary N) is 2. The molecule has 0 aliphatic heterocycles. The zero-order valence-corrected chi connectivity index (χ0v) is 13.7. The molecular formula is C16H14FN3OS2. The highest BCUT2D eigenvalue weighted by Crippen LogP contribution is 2.24. The number of hydrogen-bond donors (Lipinski definition) is 2. The summed E-state index contributed by atoms with van der Waals surface area (Å²) in [6.07, 6.45) is 0. The van der Waals surface area contributed by atoms with Gasteiger partial charge < -0.3 is 10.6 Å². The van der Waals surface area contributed by atoms with Gasteiger partial charge in [-0.1, -0.05) is 6.07 Å². The Morgan fingerprint density at radius 1 is 1.13 bits per heavy atom. The fourth-order valence-electron chi connectivity index (χ4n) is 1.95. The van der Waals surface area contributed by atoms with E-state index in [9.17, 15) is 9.18 Å². The SMILES string of the molecule is O=C(NCCNc1nc(-c2ccc(F)cc2)cs1)c1cccs1. The van der Waals surface area contributed by atoms with Crippen LogP contribution in [0.3, 0.4) is 0 Å². The number of hydrogen-bond acceptors (Lipinski definition) is 5. The van der Waals surface area contributed by atoms with Gasteiger partial charge in [0.05, 0.1) is 10.6 Å². The second kappa shape index (κ2) is 7.34. The highest BCUT2D eigenvalue weighted by atomic mass is 32.1. The van der Waals surface area contributed by atoms with E-state index in [2.05, 4.69) is 15.6 Å². The van der Waals surface area contributed by atoms with Crippen molar-refractivity contribution in [2.24, 2.45) is 0 Å². The van der Waals surface area contributed by atoms with E-state index in [1.54, 1.807) is 18.2 Å². The topological polar surface area (TPSA) is 54.0 Å². The van der Waals surface area contributed by atoms with Crippen molar-refractivity contribution in [3.63, 3.8) is 0 Å². The largest absolute Gasteiger partial charge is 0.360 e. The highest BCUT2D eigenvalue weighted by molar-refractivity contribution is 7.14. The minimum Gasteiger partial charge on any atom is -0.360 e. The molecule has 4 nitrogen and oxygen atoms in total. The fourth-order valence-corrected chi connectivity index (χ4v) is 3.34. The molecule has 1 amide bonds. The van der Waals surface area contributed by atoms with Gasteiger partial charge in [-0.25, -0.2) is 9.37 Å². The Morgan fingerprint density at radius 2 is 1.96 bits per heavy atom. The van der Waals surface area contributed by atoms with Gasteiger partial charge in [-0.15, -0.1) is 22.7 Å². The lowest BCUT2D eigenvalue weighted by molar-refractivity contribution is 0.0959. The molecule has 3 rings (SSSR count). The van der Waals surface area contributed by atoms with Crippen LogP contribution in [0.25, 0.3) is 11.3 Å². The Kier molecular flexibility index (Phi) is 4.99. The molecule has 2 N–H and O–H groups in total. The average molecular weight is 347 g/mol. The number of nitrogens with zero attached hydrogens (tertiary/aromatic N) is 1. The summed E-state index contributed by atoms with van der Waals surface area (Å²) in [5.74, 6) is -0.322. The summed E-state index contributed by atoms with van der Waals surface area (Å²) in [5.41, 5.74) is 1.68. The molecule has 0 aliphatic rings. The fraction of sp³-hybridized carbons (Fsp3) is 0.125. The molecular weight excluding hydrogens is 333 g/mol. The molecule has 0 atom stereocenters. The van der Waals surface area contributed by atoms with Crippen LogP contribution in [0.5, 0.6) is 0 Å². The first kappa shape index (κ1) is 15.6. The van der Waals surface area contributed by atoms with Crippen molar-refractivity contribution < 1.29 is 9.18 Å². The van der Waals surface area contributed by atoms with Gasteiger partial charge in [-0.3, -0.25) is 4.79 Å². The van der Waals surface area contributed by atoms with Crippen molar-refractivity contribution in [1.29, 1.82) is 0 Å². The number of halogens is 1. The maximum atomic E-state index is 12.9. The van der Waals surface area contributed by atoms with Gasteiger partial charge in [0.2, 0.25) is 0 Å². The normalized spacial score (nSPS) is 10.5. The molecule has 1 aromatic carbocycles. The van der Waals surface area contributed by atoms with Crippen LogP contribution in [-0.4, -0.2) is 24.0 Å². The van der Waals surface area contributed by atoms with E-state index in [-0.39, 0.29) is 11.7 Å². The summed E-state index contributed by atoms with van der Waals surface area (Å²) in [5, 5.41) is 10.6. The van der Waals surface area contributed by atoms with Gasteiger partial charge in [0, 0.05) is 24.0 Å². The molecule has 3 aromatic rings. The first-order valence-corrected chi connectivity index (χ1v) is 8.75. The van der Waals surface area contributed by atoms with Crippen LogP contribution >= 0.6 is 22.7 Å². The zero-order chi connectivity index (χ0) is 16.1. The number of aromatic nitrogens is 1. The lowest BCUT2D eigenvalue weighted by atomic mass is 10.2. The van der Waals surface area contributed by atoms with Gasteiger partial charge in [-0.2, -0.15) is 0 Å². The molecule has 0 radical (unpaired) electrons. The average Bonchev–Trinajstić information content (AvgIpc) is 3.24. The maximum Gasteiger partial charge on any atom is 0.261 e. The summed E-state index contributed by atoms with van der Waals surface area (Å²) >= 11 is 2.90. The summed E-state index contributed by atoms with van der Waals surface area (Å²) in [7, 11) is 0. The first-order valence-electron chi connectivity index (χ1n) is 6.99. The molecule has 2 heterocycles. The maximum absolute atomic E-state index is 12.9. The summed E-state index contributed by atoms with van der Waals surface area (Å²) in [4.78, 5) is 16.9. The molecule has 0 spiro atoms. The molecule has 118 valence electrons. The van der Waals surface area contributed by atoms with Crippen molar-refractivity contribution in [2.75, 3.05) is 18.4 Å². The number of carbonyl (C=O) groups excluding carboxylic acids is 1. The van der Waals surface area contributed by atoms with Crippen molar-refractivity contribution in [1.82, 2.24) is 10.3 Å². The highest BCUT2D eigenvalue weighted by Gasteiger charge is 2.06. The molecule has 0 aliphatic carbocycles. The van der Waals surface area contributed by atoms with Crippen LogP contribution in [0.15, 0.2) is 47.2 Å². The third-order valence-corrected chi connectivity index (χ3v) is 4.74. The number of thiophene rings is 1. The minimum atomic E-state index is -0.260. The summed E-state index contributed by atoms with van der Waals surface area (Å²) in [6.45, 7) is 1.11. The van der Waals surface area contributed by atoms with Crippen molar-refractivity contribution in [3.8, 4) is 11.3 Å². The zero-order valence-electron chi connectivity index (χ0n) is 12.1. The van der Waals surface area contributed by atoms with Crippen LogP contribution in [0, 0.1) is 5.82 Å². The number of rotatable bonds is 6. The molecule has 0 saturated heterocycles. The van der Waals surface area contributed by atoms with Gasteiger partial charge in [0.1, 0.15) is 5.82 Å². The number of amides is 1. The van der Waals surface area contributed by atoms with Crippen LogP contribution in [-0.2, 0) is 0 Å². The molecule has 23 heavy (non-hydrogen) atoms. The van der Waals surface area contributed by atoms with E-state index in [4.69, 9.17) is 0 Å². The summed E-state index contributed by atoms with van der Waals surface area (Å²) in [6, 6.07) is 9.89. The van der Waals surface area contributed by atoms with E-state index in [1.807, 2.05) is 16.8 Å². The Hall–Kier alpha value is -2.25. The predicted molar refractivity (Wildman–Crippen MR) is 92.6 cm³/mol. The third kappa shape index (κ3) is 4.14. The molecule has 0 bridgehead atoms. The molecule has 0 fully saturated rings. The smallest absolute Gasteiger partial charge is 0.261 e. The number of thiazole rings is 1. The van der Waals surface area contributed by atoms with Gasteiger partial charge in [0.25, 0.3) is 5.91 Å². The molecule has 2 aromatic heterocycles. The lowest BCUT2D eigenvalue weighted by Gasteiger charge is -2.04. The molecule has 0 saturated carbocycles. The van der Waals surface area contributed by atoms with Crippen molar-refractivity contribution >= 4 is 33.7 Å². The Balaban J connectivity index is 1.48. The quantitative estimate of drug-likeness (QED) is 0.666. The van der Waals surface area contributed by atoms with Crippen molar-refractivity contribution in [3.05, 3.63) is 57.9 Å². The minimum absolute atomic E-state index is 0.0621. The van der Waals surface area contributed by atoms with E-state index in [1.165, 1.54) is 34.8 Å². The van der Waals surface area contributed by atoms with Crippen LogP contribution in [0.2, 0.25) is 0 Å². The van der Waals surface area contributed by atoms with E-state index in [0.29, 0.717) is 18.0 Å². The predicted octanol–water partition coefficient (Wildman–Crippen LogP) is 3.85. The van der Waals surface area contributed by atoms with E-state index >= 15 is 0 Å². The van der Waals surface area contributed by atoms with Gasteiger partial charge in [-0.05, 0) is 35.7 Å². The van der Waals surface area contributed by atoms with E-state index in [0.717, 1.165) is 16.4 Å². The summed E-state index contributed by atoms with van der Waals surface area (Å²) < 4.78 is 12.9.